The second-order valence-electron chi connectivity index (χ2n) is 7.62. The highest BCUT2D eigenvalue weighted by Crippen LogP contribution is 2.43. The number of likely N-dealkylation sites (tertiary alicyclic amines) is 1. The quantitative estimate of drug-likeness (QED) is 0.323. The van der Waals surface area contributed by atoms with E-state index in [0.29, 0.717) is 42.1 Å². The maximum Gasteiger partial charge on any atom is 0.295 e. The van der Waals surface area contributed by atoms with Crippen LogP contribution < -0.4 is 9.47 Å². The van der Waals surface area contributed by atoms with Gasteiger partial charge in [-0.05, 0) is 18.6 Å². The minimum absolute atomic E-state index is 0.0392. The van der Waals surface area contributed by atoms with E-state index in [1.807, 2.05) is 16.8 Å². The van der Waals surface area contributed by atoms with Crippen LogP contribution in [0.1, 0.15) is 23.6 Å². The first-order chi connectivity index (χ1) is 16.0. The molecule has 3 aromatic rings. The van der Waals surface area contributed by atoms with Crippen molar-refractivity contribution in [3.63, 3.8) is 0 Å². The minimum Gasteiger partial charge on any atom is -0.507 e. The molecule has 0 aliphatic carbocycles. The third-order valence-electron chi connectivity index (χ3n) is 5.70. The molecule has 4 rings (SSSR count). The smallest absolute Gasteiger partial charge is 0.295 e. The number of imidazole rings is 1. The molecule has 2 aromatic carbocycles. The molecule has 1 saturated heterocycles. The van der Waals surface area contributed by atoms with Crippen molar-refractivity contribution in [1.29, 1.82) is 0 Å². The molecule has 1 N–H and O–H groups in total. The zero-order valence-corrected chi connectivity index (χ0v) is 18.5. The predicted octanol–water partition coefficient (Wildman–Crippen LogP) is 3.41. The number of aliphatic hydroxyl groups is 1. The monoisotopic (exact) mass is 447 g/mol. The molecular formula is C25H25N3O5. The molecule has 8 nitrogen and oxygen atoms in total. The Balaban J connectivity index is 1.78. The number of rotatable bonds is 8. The van der Waals surface area contributed by atoms with Gasteiger partial charge in [0.2, 0.25) is 0 Å². The molecule has 1 aromatic heterocycles. The summed E-state index contributed by atoms with van der Waals surface area (Å²) in [5.41, 5.74) is 1.10. The summed E-state index contributed by atoms with van der Waals surface area (Å²) < 4.78 is 12.8. The number of ketones is 1. The van der Waals surface area contributed by atoms with Crippen LogP contribution in [-0.4, -0.2) is 52.0 Å². The number of aryl methyl sites for hydroxylation is 1. The molecular weight excluding hydrogens is 422 g/mol. The van der Waals surface area contributed by atoms with Gasteiger partial charge in [0.05, 0.1) is 32.2 Å². The number of aromatic nitrogens is 2. The van der Waals surface area contributed by atoms with Crippen molar-refractivity contribution in [3.05, 3.63) is 84.0 Å². The summed E-state index contributed by atoms with van der Waals surface area (Å²) >= 11 is 0. The van der Waals surface area contributed by atoms with Gasteiger partial charge in [-0.1, -0.05) is 30.3 Å². The highest BCUT2D eigenvalue weighted by molar-refractivity contribution is 6.46. The van der Waals surface area contributed by atoms with Crippen LogP contribution >= 0.6 is 0 Å². The fourth-order valence-corrected chi connectivity index (χ4v) is 4.07. The highest BCUT2D eigenvalue weighted by Gasteiger charge is 2.46. The number of ether oxygens (including phenoxy) is 2. The molecule has 0 bridgehead atoms. The van der Waals surface area contributed by atoms with Gasteiger partial charge in [0.25, 0.3) is 11.7 Å². The number of hydrogen-bond acceptors (Lipinski definition) is 6. The van der Waals surface area contributed by atoms with Gasteiger partial charge < -0.3 is 24.0 Å². The summed E-state index contributed by atoms with van der Waals surface area (Å²) in [6.45, 7) is 0.947. The van der Waals surface area contributed by atoms with Crippen LogP contribution in [0.15, 0.2) is 72.8 Å². The predicted molar refractivity (Wildman–Crippen MR) is 122 cm³/mol. The van der Waals surface area contributed by atoms with Gasteiger partial charge in [-0.15, -0.1) is 0 Å². The molecule has 170 valence electrons. The topological polar surface area (TPSA) is 93.9 Å². The van der Waals surface area contributed by atoms with E-state index in [2.05, 4.69) is 4.98 Å². The lowest BCUT2D eigenvalue weighted by atomic mass is 9.94. The van der Waals surface area contributed by atoms with Gasteiger partial charge in [-0.3, -0.25) is 9.59 Å². The Labute approximate surface area is 191 Å². The van der Waals surface area contributed by atoms with E-state index in [4.69, 9.17) is 9.47 Å². The first-order valence-electron chi connectivity index (χ1n) is 10.6. The maximum absolute atomic E-state index is 13.1. The van der Waals surface area contributed by atoms with E-state index in [1.54, 1.807) is 62.1 Å². The largest absolute Gasteiger partial charge is 0.507 e. The van der Waals surface area contributed by atoms with E-state index in [9.17, 15) is 14.7 Å². The number of aliphatic hydroxyl groups excluding tert-OH is 1. The Hall–Kier alpha value is -4.07. The minimum atomic E-state index is -0.797. The lowest BCUT2D eigenvalue weighted by Gasteiger charge is -2.27. The first kappa shape index (κ1) is 22.1. The van der Waals surface area contributed by atoms with Gasteiger partial charge in [-0.25, -0.2) is 4.98 Å². The normalized spacial score (nSPS) is 17.4. The summed E-state index contributed by atoms with van der Waals surface area (Å²) in [6, 6.07) is 13.1. The molecule has 1 atom stereocenters. The standard InChI is InChI=1S/C25H25N3O5/c1-32-18-9-10-19(20(15-18)33-2)22-21(23(29)17-7-4-3-5-8-17)24(30)25(31)28(22)13-6-12-27-14-11-26-16-27/h3-5,7-11,14-16,22,29H,6,12-13H2,1-2H3/t22-/m0/s1. The van der Waals surface area contributed by atoms with Crippen LogP contribution in [0.2, 0.25) is 0 Å². The molecule has 0 spiro atoms. The molecule has 1 aliphatic rings. The lowest BCUT2D eigenvalue weighted by molar-refractivity contribution is -0.140. The third-order valence-corrected chi connectivity index (χ3v) is 5.70. The fourth-order valence-electron chi connectivity index (χ4n) is 4.07. The number of methoxy groups -OCH3 is 2. The Morgan fingerprint density at radius 2 is 1.85 bits per heavy atom. The van der Waals surface area contributed by atoms with E-state index < -0.39 is 17.7 Å². The fraction of sp³-hybridized carbons (Fsp3) is 0.240. The summed E-state index contributed by atoms with van der Waals surface area (Å²) in [5.74, 6) is -0.549. The van der Waals surface area contributed by atoms with Crippen LogP contribution in [0.5, 0.6) is 11.5 Å². The van der Waals surface area contributed by atoms with Crippen LogP contribution in [0.3, 0.4) is 0 Å². The molecule has 2 heterocycles. The molecule has 0 unspecified atom stereocenters. The summed E-state index contributed by atoms with van der Waals surface area (Å²) in [7, 11) is 3.06. The van der Waals surface area contributed by atoms with E-state index >= 15 is 0 Å². The maximum atomic E-state index is 13.1. The molecule has 1 fully saturated rings. The SMILES string of the molecule is COc1ccc([C@H]2C(=C(O)c3ccccc3)C(=O)C(=O)N2CCCn2ccnc2)c(OC)c1. The van der Waals surface area contributed by atoms with Crippen molar-refractivity contribution >= 4 is 17.4 Å². The van der Waals surface area contributed by atoms with E-state index in [1.165, 1.54) is 12.0 Å². The van der Waals surface area contributed by atoms with E-state index in [0.717, 1.165) is 0 Å². The van der Waals surface area contributed by atoms with Gasteiger partial charge in [0.1, 0.15) is 17.3 Å². The number of Topliss-reactive ketones (excluding diaryl/α,β-unsaturated/α-hetero) is 1. The van der Waals surface area contributed by atoms with Crippen LogP contribution in [0.25, 0.3) is 5.76 Å². The van der Waals surface area contributed by atoms with Gasteiger partial charge in [0, 0.05) is 42.7 Å². The summed E-state index contributed by atoms with van der Waals surface area (Å²) in [5, 5.41) is 11.1. The van der Waals surface area contributed by atoms with Crippen molar-refractivity contribution in [2.75, 3.05) is 20.8 Å². The average Bonchev–Trinajstić information content (AvgIpc) is 3.46. The van der Waals surface area contributed by atoms with Crippen LogP contribution in [0.4, 0.5) is 0 Å². The third kappa shape index (κ3) is 4.32. The number of amides is 1. The lowest BCUT2D eigenvalue weighted by Crippen LogP contribution is -2.31. The second kappa shape index (κ2) is 9.60. The Morgan fingerprint density at radius 3 is 2.52 bits per heavy atom. The Morgan fingerprint density at radius 1 is 1.06 bits per heavy atom. The number of hydrogen-bond donors (Lipinski definition) is 1. The first-order valence-corrected chi connectivity index (χ1v) is 10.6. The highest BCUT2D eigenvalue weighted by atomic mass is 16.5. The number of carbonyl (C=O) groups is 2. The molecule has 0 saturated carbocycles. The number of benzene rings is 2. The molecule has 0 radical (unpaired) electrons. The van der Waals surface area contributed by atoms with Crippen molar-refractivity contribution < 1.29 is 24.2 Å². The average molecular weight is 447 g/mol. The molecule has 33 heavy (non-hydrogen) atoms. The Bertz CT molecular complexity index is 1170. The number of carbonyl (C=O) groups excluding carboxylic acids is 2. The molecule has 1 amide bonds. The summed E-state index contributed by atoms with van der Waals surface area (Å²) in [6.07, 6.45) is 5.83. The van der Waals surface area contributed by atoms with Crippen molar-refractivity contribution in [2.24, 2.45) is 0 Å². The summed E-state index contributed by atoms with van der Waals surface area (Å²) in [4.78, 5) is 31.8. The van der Waals surface area contributed by atoms with E-state index in [-0.39, 0.29) is 11.3 Å². The van der Waals surface area contributed by atoms with Crippen LogP contribution in [-0.2, 0) is 16.1 Å². The van der Waals surface area contributed by atoms with Crippen molar-refractivity contribution in [2.45, 2.75) is 19.0 Å². The van der Waals surface area contributed by atoms with Gasteiger partial charge in [0.15, 0.2) is 0 Å². The second-order valence-corrected chi connectivity index (χ2v) is 7.62. The molecule has 8 heteroatoms. The van der Waals surface area contributed by atoms with Crippen molar-refractivity contribution in [3.8, 4) is 11.5 Å². The number of nitrogens with zero attached hydrogens (tertiary/aromatic N) is 3. The van der Waals surface area contributed by atoms with Crippen molar-refractivity contribution in [1.82, 2.24) is 14.5 Å². The zero-order valence-electron chi connectivity index (χ0n) is 18.5. The van der Waals surface area contributed by atoms with Gasteiger partial charge in [-0.2, -0.15) is 0 Å². The zero-order chi connectivity index (χ0) is 23.4. The Kier molecular flexibility index (Phi) is 6.44. The van der Waals surface area contributed by atoms with Crippen LogP contribution in [0, 0.1) is 0 Å². The van der Waals surface area contributed by atoms with Gasteiger partial charge >= 0.3 is 0 Å². The molecule has 1 aliphatic heterocycles.